The maximum atomic E-state index is 12.5. The van der Waals surface area contributed by atoms with Crippen LogP contribution >= 0.6 is 11.3 Å². The van der Waals surface area contributed by atoms with E-state index in [1.165, 1.54) is 29.9 Å². The van der Waals surface area contributed by atoms with Gasteiger partial charge in [-0.15, -0.1) is 0 Å². The third-order valence-electron chi connectivity index (χ3n) is 6.63. The van der Waals surface area contributed by atoms with Gasteiger partial charge in [0.1, 0.15) is 17.2 Å². The van der Waals surface area contributed by atoms with Gasteiger partial charge >= 0.3 is 0 Å². The van der Waals surface area contributed by atoms with Crippen LogP contribution in [-0.4, -0.2) is 79.3 Å². The Bertz CT molecular complexity index is 1050. The van der Waals surface area contributed by atoms with Crippen molar-refractivity contribution in [2.75, 3.05) is 50.1 Å². The zero-order chi connectivity index (χ0) is 24.5. The lowest BCUT2D eigenvalue weighted by molar-refractivity contribution is -0.122. The minimum atomic E-state index is -0.258. The molecule has 3 aliphatic rings. The number of ether oxygens (including phenoxy) is 1. The number of nitrogens with one attached hydrogen (secondary N) is 1. The number of thiazole rings is 1. The Morgan fingerprint density at radius 2 is 2.00 bits per heavy atom. The molecule has 2 aromatic rings. The standard InChI is InChI=1S/C23H31N5O2S.CH2O2/c1-23(2)14-17-20(21(29)25-23)31-22(24-17)28-11-12-30-19-13-16(5-6-18(19)28)27(4)15-7-9-26(3)10-8-15;2-1-3/h5-6,13,15H,7-12,14H2,1-4H3,(H,25,29);1H,(H,2,3). The molecule has 1 amide bonds. The van der Waals surface area contributed by atoms with Gasteiger partial charge < -0.3 is 29.9 Å². The first kappa shape index (κ1) is 24.3. The van der Waals surface area contributed by atoms with Crippen LogP contribution in [0.1, 0.15) is 42.1 Å². The van der Waals surface area contributed by atoms with Crippen molar-refractivity contribution in [1.82, 2.24) is 15.2 Å². The summed E-state index contributed by atoms with van der Waals surface area (Å²) in [6, 6.07) is 7.03. The highest BCUT2D eigenvalue weighted by Gasteiger charge is 2.35. The van der Waals surface area contributed by atoms with Gasteiger partial charge in [-0.05, 0) is 59.0 Å². The fourth-order valence-electron chi connectivity index (χ4n) is 4.80. The number of nitrogens with zero attached hydrogens (tertiary/aromatic N) is 4. The monoisotopic (exact) mass is 487 g/mol. The SMILES string of the molecule is CN1CCC(N(C)c2ccc3c(c2)OCCN3c2nc3c(s2)C(=O)NC(C)(C)C3)CC1.O=CO. The van der Waals surface area contributed by atoms with Gasteiger partial charge in [0.05, 0.1) is 17.9 Å². The number of likely N-dealkylation sites (tertiary alicyclic amines) is 1. The van der Waals surface area contributed by atoms with E-state index in [-0.39, 0.29) is 17.9 Å². The minimum absolute atomic E-state index is 0.0152. The summed E-state index contributed by atoms with van der Waals surface area (Å²) < 4.78 is 6.05. The summed E-state index contributed by atoms with van der Waals surface area (Å²) in [7, 11) is 4.38. The maximum absolute atomic E-state index is 12.5. The van der Waals surface area contributed by atoms with Crippen LogP contribution in [0.2, 0.25) is 0 Å². The third-order valence-corrected chi connectivity index (χ3v) is 7.75. The molecule has 0 atom stereocenters. The van der Waals surface area contributed by atoms with E-state index in [9.17, 15) is 4.79 Å². The summed E-state index contributed by atoms with van der Waals surface area (Å²) >= 11 is 1.48. The van der Waals surface area contributed by atoms with Gasteiger partial charge in [-0.25, -0.2) is 4.98 Å². The van der Waals surface area contributed by atoms with Crippen molar-refractivity contribution in [3.05, 3.63) is 28.8 Å². The Hall–Kier alpha value is -2.85. The molecule has 0 bridgehead atoms. The van der Waals surface area contributed by atoms with E-state index in [4.69, 9.17) is 19.6 Å². The summed E-state index contributed by atoms with van der Waals surface area (Å²) in [5, 5.41) is 10.8. The Labute approximate surface area is 204 Å². The van der Waals surface area contributed by atoms with Crippen molar-refractivity contribution in [3.8, 4) is 5.75 Å². The number of aromatic nitrogens is 1. The molecule has 0 spiro atoms. The molecule has 184 valence electrons. The predicted molar refractivity (Wildman–Crippen MR) is 134 cm³/mol. The molecule has 0 saturated carbocycles. The van der Waals surface area contributed by atoms with Crippen LogP contribution in [0.25, 0.3) is 0 Å². The topological polar surface area (TPSA) is 98.2 Å². The van der Waals surface area contributed by atoms with Crippen LogP contribution in [-0.2, 0) is 11.2 Å². The second kappa shape index (κ2) is 9.79. The normalized spacial score (nSPS) is 19.6. The largest absolute Gasteiger partial charge is 0.489 e. The first-order chi connectivity index (χ1) is 16.2. The van der Waals surface area contributed by atoms with Gasteiger partial charge in [-0.2, -0.15) is 0 Å². The molecule has 4 heterocycles. The molecule has 1 aromatic carbocycles. The number of anilines is 3. The molecule has 9 nitrogen and oxygen atoms in total. The molecule has 0 aliphatic carbocycles. The Morgan fingerprint density at radius 1 is 1.29 bits per heavy atom. The quantitative estimate of drug-likeness (QED) is 0.638. The first-order valence-corrected chi connectivity index (χ1v) is 12.4. The van der Waals surface area contributed by atoms with Crippen LogP contribution in [0.4, 0.5) is 16.5 Å². The first-order valence-electron chi connectivity index (χ1n) is 11.6. The molecule has 0 unspecified atom stereocenters. The number of hydrogen-bond donors (Lipinski definition) is 2. The van der Waals surface area contributed by atoms with Crippen molar-refractivity contribution < 1.29 is 19.4 Å². The Kier molecular flexibility index (Phi) is 6.99. The Balaban J connectivity index is 0.000000868. The lowest BCUT2D eigenvalue weighted by Crippen LogP contribution is -2.48. The highest BCUT2D eigenvalue weighted by Crippen LogP contribution is 2.42. The van der Waals surface area contributed by atoms with E-state index in [0.29, 0.717) is 12.6 Å². The lowest BCUT2D eigenvalue weighted by Gasteiger charge is -2.37. The average Bonchev–Trinajstić information content (AvgIpc) is 3.22. The van der Waals surface area contributed by atoms with Gasteiger partial charge in [0.2, 0.25) is 0 Å². The summed E-state index contributed by atoms with van der Waals surface area (Å²) in [6.07, 6.45) is 3.11. The number of benzene rings is 1. The highest BCUT2D eigenvalue weighted by atomic mass is 32.1. The van der Waals surface area contributed by atoms with Crippen LogP contribution in [0, 0.1) is 0 Å². The van der Waals surface area contributed by atoms with Crippen molar-refractivity contribution in [2.45, 2.75) is 44.7 Å². The summed E-state index contributed by atoms with van der Waals surface area (Å²) in [4.78, 5) is 33.5. The fraction of sp³-hybridized carbons (Fsp3) is 0.542. The minimum Gasteiger partial charge on any atom is -0.489 e. The number of fused-ring (bicyclic) bond motifs is 2. The number of carbonyl (C=O) groups is 2. The molecule has 1 saturated heterocycles. The molecular weight excluding hydrogens is 454 g/mol. The Morgan fingerprint density at radius 3 is 2.71 bits per heavy atom. The second-order valence-electron chi connectivity index (χ2n) is 9.69. The number of amides is 1. The third kappa shape index (κ3) is 4.97. The molecule has 5 rings (SSSR count). The van der Waals surface area contributed by atoms with E-state index >= 15 is 0 Å². The number of carboxylic acid groups (broad SMARTS) is 1. The van der Waals surface area contributed by atoms with Gasteiger partial charge in [0.15, 0.2) is 5.13 Å². The van der Waals surface area contributed by atoms with E-state index in [1.807, 2.05) is 13.8 Å². The molecule has 0 radical (unpaired) electrons. The molecule has 34 heavy (non-hydrogen) atoms. The van der Waals surface area contributed by atoms with E-state index in [0.717, 1.165) is 53.2 Å². The van der Waals surface area contributed by atoms with Gasteiger partial charge in [0, 0.05) is 36.8 Å². The maximum Gasteiger partial charge on any atom is 0.290 e. The number of hydrogen-bond acceptors (Lipinski definition) is 8. The van der Waals surface area contributed by atoms with Gasteiger partial charge in [0.25, 0.3) is 12.4 Å². The molecular formula is C24H33N5O4S. The number of rotatable bonds is 3. The van der Waals surface area contributed by atoms with Crippen molar-refractivity contribution in [2.24, 2.45) is 0 Å². The van der Waals surface area contributed by atoms with Crippen molar-refractivity contribution >= 4 is 40.2 Å². The smallest absolute Gasteiger partial charge is 0.290 e. The summed E-state index contributed by atoms with van der Waals surface area (Å²) in [5.41, 5.74) is 2.86. The molecule has 1 fully saturated rings. The van der Waals surface area contributed by atoms with E-state index < -0.39 is 0 Å². The molecule has 10 heteroatoms. The zero-order valence-corrected chi connectivity index (χ0v) is 21.0. The van der Waals surface area contributed by atoms with Crippen LogP contribution in [0.3, 0.4) is 0 Å². The zero-order valence-electron chi connectivity index (χ0n) is 20.2. The molecule has 1 aromatic heterocycles. The van der Waals surface area contributed by atoms with E-state index in [2.05, 4.69) is 52.3 Å². The van der Waals surface area contributed by atoms with Crippen LogP contribution in [0.5, 0.6) is 5.75 Å². The lowest BCUT2D eigenvalue weighted by atomic mass is 9.94. The van der Waals surface area contributed by atoms with Crippen molar-refractivity contribution in [3.63, 3.8) is 0 Å². The van der Waals surface area contributed by atoms with Gasteiger partial charge in [-0.1, -0.05) is 11.3 Å². The summed E-state index contributed by atoms with van der Waals surface area (Å²) in [5.74, 6) is 0.875. The second-order valence-corrected chi connectivity index (χ2v) is 10.7. The average molecular weight is 488 g/mol. The van der Waals surface area contributed by atoms with Gasteiger partial charge in [-0.3, -0.25) is 9.59 Å². The number of piperidine rings is 1. The molecule has 2 N–H and O–H groups in total. The molecule has 3 aliphatic heterocycles. The predicted octanol–water partition coefficient (Wildman–Crippen LogP) is 2.97. The number of carbonyl (C=O) groups excluding carboxylic acids is 1. The van der Waals surface area contributed by atoms with Crippen LogP contribution in [0.15, 0.2) is 18.2 Å². The van der Waals surface area contributed by atoms with Crippen molar-refractivity contribution in [1.29, 1.82) is 0 Å². The highest BCUT2D eigenvalue weighted by molar-refractivity contribution is 7.17. The summed E-state index contributed by atoms with van der Waals surface area (Å²) in [6.45, 7) is 7.45. The fourth-order valence-corrected chi connectivity index (χ4v) is 5.82. The van der Waals surface area contributed by atoms with E-state index in [1.54, 1.807) is 0 Å². The van der Waals surface area contributed by atoms with Crippen LogP contribution < -0.4 is 19.9 Å².